The van der Waals surface area contributed by atoms with Gasteiger partial charge in [-0.2, -0.15) is 0 Å². The van der Waals surface area contributed by atoms with Gasteiger partial charge in [0.1, 0.15) is 5.65 Å². The highest BCUT2D eigenvalue weighted by molar-refractivity contribution is 5.86. The van der Waals surface area contributed by atoms with Crippen LogP contribution in [0.3, 0.4) is 0 Å². The third kappa shape index (κ3) is 2.35. The van der Waals surface area contributed by atoms with Gasteiger partial charge in [-0.3, -0.25) is 4.79 Å². The fourth-order valence-corrected chi connectivity index (χ4v) is 3.83. The molecule has 5 nitrogen and oxygen atoms in total. The maximum Gasteiger partial charge on any atom is 0.222 e. The van der Waals surface area contributed by atoms with Gasteiger partial charge in [0, 0.05) is 23.3 Å². The van der Waals surface area contributed by atoms with E-state index in [2.05, 4.69) is 40.4 Å². The quantitative estimate of drug-likeness (QED) is 0.708. The summed E-state index contributed by atoms with van der Waals surface area (Å²) in [5.41, 5.74) is 8.14. The van der Waals surface area contributed by atoms with Crippen molar-refractivity contribution in [1.82, 2.24) is 15.3 Å². The first-order chi connectivity index (χ1) is 12.2. The van der Waals surface area contributed by atoms with Gasteiger partial charge in [-0.15, -0.1) is 0 Å². The maximum absolute atomic E-state index is 11.4. The second kappa shape index (κ2) is 5.43. The van der Waals surface area contributed by atoms with Crippen LogP contribution in [0.25, 0.3) is 22.2 Å². The average Bonchev–Trinajstić information content (AvgIpc) is 2.99. The number of aryl methyl sites for hydroxylation is 1. The number of hydrogen-bond donors (Lipinski definition) is 2. The molecular formula is C20H19N3O2. The number of pyridine rings is 1. The smallest absolute Gasteiger partial charge is 0.222 e. The molecule has 0 radical (unpaired) electrons. The van der Waals surface area contributed by atoms with E-state index in [9.17, 15) is 4.79 Å². The summed E-state index contributed by atoms with van der Waals surface area (Å²) in [6.45, 7) is 3.47. The summed E-state index contributed by atoms with van der Waals surface area (Å²) in [5, 5.41) is 4.16. The lowest BCUT2D eigenvalue weighted by molar-refractivity contribution is -0.128. The summed E-state index contributed by atoms with van der Waals surface area (Å²) in [5.74, 6) is 0.118. The largest absolute Gasteiger partial charge is 0.376 e. The van der Waals surface area contributed by atoms with Crippen LogP contribution in [0.5, 0.6) is 0 Å². The molecule has 2 aliphatic heterocycles. The van der Waals surface area contributed by atoms with E-state index in [1.807, 2.05) is 12.4 Å². The zero-order valence-electron chi connectivity index (χ0n) is 14.1. The van der Waals surface area contributed by atoms with Crippen molar-refractivity contribution in [3.05, 3.63) is 52.8 Å². The van der Waals surface area contributed by atoms with Crippen molar-refractivity contribution in [2.24, 2.45) is 0 Å². The number of ether oxygens (including phenoxy) is 1. The Labute approximate surface area is 145 Å². The summed E-state index contributed by atoms with van der Waals surface area (Å²) in [4.78, 5) is 19.2. The predicted octanol–water partition coefficient (Wildman–Crippen LogP) is 3.17. The molecule has 25 heavy (non-hydrogen) atoms. The van der Waals surface area contributed by atoms with E-state index in [4.69, 9.17) is 4.74 Å². The summed E-state index contributed by atoms with van der Waals surface area (Å²) >= 11 is 0. The highest BCUT2D eigenvalue weighted by Crippen LogP contribution is 2.36. The third-order valence-electron chi connectivity index (χ3n) is 5.31. The summed E-state index contributed by atoms with van der Waals surface area (Å²) in [6.07, 6.45) is 5.38. The van der Waals surface area contributed by atoms with Gasteiger partial charge in [0.15, 0.2) is 0 Å². The molecule has 2 aliphatic rings. The lowest BCUT2D eigenvalue weighted by Crippen LogP contribution is -2.42. The molecule has 126 valence electrons. The molecule has 2 aromatic heterocycles. The number of H-pyrrole nitrogens is 1. The van der Waals surface area contributed by atoms with Crippen molar-refractivity contribution < 1.29 is 9.53 Å². The van der Waals surface area contributed by atoms with Crippen molar-refractivity contribution in [2.75, 3.05) is 6.61 Å². The first-order valence-corrected chi connectivity index (χ1v) is 8.66. The number of amides is 1. The van der Waals surface area contributed by atoms with Crippen LogP contribution < -0.4 is 5.32 Å². The minimum Gasteiger partial charge on any atom is -0.376 e. The van der Waals surface area contributed by atoms with Gasteiger partial charge in [0.25, 0.3) is 0 Å². The number of fused-ring (bicyclic) bond motifs is 2. The van der Waals surface area contributed by atoms with Crippen LogP contribution in [0.2, 0.25) is 0 Å². The lowest BCUT2D eigenvalue weighted by Gasteiger charge is -2.32. The molecule has 1 fully saturated rings. The van der Waals surface area contributed by atoms with Crippen molar-refractivity contribution in [3.63, 3.8) is 0 Å². The van der Waals surface area contributed by atoms with Gasteiger partial charge in [-0.1, -0.05) is 6.07 Å². The molecule has 0 aliphatic carbocycles. The Morgan fingerprint density at radius 1 is 1.24 bits per heavy atom. The van der Waals surface area contributed by atoms with E-state index in [0.29, 0.717) is 13.0 Å². The second-order valence-corrected chi connectivity index (χ2v) is 6.92. The first-order valence-electron chi connectivity index (χ1n) is 8.66. The molecule has 5 rings (SSSR count). The molecule has 1 unspecified atom stereocenters. The Balaban J connectivity index is 1.65. The van der Waals surface area contributed by atoms with E-state index in [-0.39, 0.29) is 11.9 Å². The first kappa shape index (κ1) is 14.7. The number of nitrogens with one attached hydrogen (secondary N) is 2. The molecule has 2 N–H and O–H groups in total. The SMILES string of the molecule is Cc1c[nH]c2ncc(-c3cc4c(c(C5CC(=O)N5)c3)COCC4)cc12. The van der Waals surface area contributed by atoms with Gasteiger partial charge in [0.05, 0.1) is 25.7 Å². The number of carbonyl (C=O) groups is 1. The Morgan fingerprint density at radius 2 is 2.12 bits per heavy atom. The van der Waals surface area contributed by atoms with E-state index in [1.165, 1.54) is 22.3 Å². The van der Waals surface area contributed by atoms with E-state index in [1.54, 1.807) is 0 Å². The standard InChI is InChI=1S/C20H19N3O2/c1-11-8-21-20-15(11)6-14(9-22-20)13-4-12-2-3-25-10-17(12)16(5-13)18-7-19(24)23-18/h4-6,8-9,18H,2-3,7,10H2,1H3,(H,21,22)(H,23,24). The molecule has 0 bridgehead atoms. The summed E-state index contributed by atoms with van der Waals surface area (Å²) in [6, 6.07) is 6.75. The molecule has 1 saturated heterocycles. The Bertz CT molecular complexity index is 998. The monoisotopic (exact) mass is 333 g/mol. The highest BCUT2D eigenvalue weighted by Gasteiger charge is 2.30. The Hall–Kier alpha value is -2.66. The number of β-lactam (4-membered cyclic amide) rings is 1. The van der Waals surface area contributed by atoms with Gasteiger partial charge in [-0.25, -0.2) is 4.98 Å². The van der Waals surface area contributed by atoms with Crippen molar-refractivity contribution in [1.29, 1.82) is 0 Å². The molecule has 1 aromatic carbocycles. The van der Waals surface area contributed by atoms with Crippen LogP contribution in [-0.4, -0.2) is 22.5 Å². The zero-order chi connectivity index (χ0) is 17.0. The molecule has 1 amide bonds. The maximum atomic E-state index is 11.4. The van der Waals surface area contributed by atoms with Crippen LogP contribution >= 0.6 is 0 Å². The predicted molar refractivity (Wildman–Crippen MR) is 95.1 cm³/mol. The van der Waals surface area contributed by atoms with Gasteiger partial charge in [-0.05, 0) is 53.3 Å². The minimum absolute atomic E-state index is 0.105. The third-order valence-corrected chi connectivity index (χ3v) is 5.31. The van der Waals surface area contributed by atoms with Crippen LogP contribution in [0.15, 0.2) is 30.6 Å². The van der Waals surface area contributed by atoms with Crippen LogP contribution in [0, 0.1) is 6.92 Å². The van der Waals surface area contributed by atoms with Crippen LogP contribution in [0.1, 0.15) is 34.7 Å². The van der Waals surface area contributed by atoms with Gasteiger partial charge in [0.2, 0.25) is 5.91 Å². The summed E-state index contributed by atoms with van der Waals surface area (Å²) < 4.78 is 5.66. The van der Waals surface area contributed by atoms with Crippen molar-refractivity contribution in [3.8, 4) is 11.1 Å². The van der Waals surface area contributed by atoms with E-state index >= 15 is 0 Å². The molecule has 0 spiro atoms. The van der Waals surface area contributed by atoms with Gasteiger partial charge >= 0.3 is 0 Å². The molecule has 4 heterocycles. The fraction of sp³-hybridized carbons (Fsp3) is 0.300. The Morgan fingerprint density at radius 3 is 2.96 bits per heavy atom. The normalized spacial score (nSPS) is 19.4. The van der Waals surface area contributed by atoms with E-state index in [0.717, 1.165) is 35.2 Å². The number of benzene rings is 1. The molecule has 3 aromatic rings. The molecule has 0 saturated carbocycles. The molecular weight excluding hydrogens is 314 g/mol. The lowest BCUT2D eigenvalue weighted by atomic mass is 9.86. The number of aromatic nitrogens is 2. The topological polar surface area (TPSA) is 67.0 Å². The molecule has 1 atom stereocenters. The van der Waals surface area contributed by atoms with Crippen LogP contribution in [-0.2, 0) is 22.6 Å². The highest BCUT2D eigenvalue weighted by atomic mass is 16.5. The summed E-state index contributed by atoms with van der Waals surface area (Å²) in [7, 11) is 0. The number of nitrogens with zero attached hydrogens (tertiary/aromatic N) is 1. The fourth-order valence-electron chi connectivity index (χ4n) is 3.83. The van der Waals surface area contributed by atoms with Crippen molar-refractivity contribution >= 4 is 16.9 Å². The average molecular weight is 333 g/mol. The van der Waals surface area contributed by atoms with E-state index < -0.39 is 0 Å². The van der Waals surface area contributed by atoms with Crippen LogP contribution in [0.4, 0.5) is 0 Å². The molecule has 5 heteroatoms. The number of rotatable bonds is 2. The second-order valence-electron chi connectivity index (χ2n) is 6.92. The minimum atomic E-state index is 0.105. The Kier molecular flexibility index (Phi) is 3.18. The zero-order valence-corrected chi connectivity index (χ0v) is 14.1. The number of aromatic amines is 1. The van der Waals surface area contributed by atoms with Gasteiger partial charge < -0.3 is 15.0 Å². The van der Waals surface area contributed by atoms with Crippen molar-refractivity contribution in [2.45, 2.75) is 32.4 Å². The number of hydrogen-bond acceptors (Lipinski definition) is 3. The number of carbonyl (C=O) groups excluding carboxylic acids is 1.